The number of halogens is 2. The maximum atomic E-state index is 13.1. The lowest BCUT2D eigenvalue weighted by Gasteiger charge is -2.36. The monoisotopic (exact) mass is 370 g/mol. The molecule has 140 valence electrons. The van der Waals surface area contributed by atoms with Gasteiger partial charge in [-0.3, -0.25) is 4.79 Å². The first-order valence-corrected chi connectivity index (χ1v) is 8.96. The second-order valence-corrected chi connectivity index (χ2v) is 6.69. The van der Waals surface area contributed by atoms with Gasteiger partial charge in [0.2, 0.25) is 5.91 Å². The van der Waals surface area contributed by atoms with Crippen LogP contribution in [0.3, 0.4) is 0 Å². The maximum Gasteiger partial charge on any atom is 0.241 e. The molecule has 0 aliphatic carbocycles. The van der Waals surface area contributed by atoms with Gasteiger partial charge in [0.1, 0.15) is 11.9 Å². The lowest BCUT2D eigenvalue weighted by atomic mass is 9.99. The number of hydrogen-bond acceptors (Lipinski definition) is 4. The van der Waals surface area contributed by atoms with Crippen LogP contribution in [0.5, 0.6) is 0 Å². The summed E-state index contributed by atoms with van der Waals surface area (Å²) in [6, 6.07) is 6.63. The van der Waals surface area contributed by atoms with Gasteiger partial charge >= 0.3 is 0 Å². The molecule has 0 saturated carbocycles. The number of amides is 1. The zero-order chi connectivity index (χ0) is 16.9. The average molecular weight is 371 g/mol. The van der Waals surface area contributed by atoms with Crippen molar-refractivity contribution in [1.29, 1.82) is 0 Å². The molecule has 2 aliphatic rings. The van der Waals surface area contributed by atoms with Crippen LogP contribution in [-0.4, -0.2) is 42.5 Å². The van der Waals surface area contributed by atoms with E-state index in [1.807, 2.05) is 0 Å². The van der Waals surface area contributed by atoms with Crippen LogP contribution in [-0.2, 0) is 4.79 Å². The Labute approximate surface area is 155 Å². The molecule has 0 spiro atoms. The highest BCUT2D eigenvalue weighted by Crippen LogP contribution is 2.24. The fourth-order valence-corrected chi connectivity index (χ4v) is 3.66. The van der Waals surface area contributed by atoms with Gasteiger partial charge in [0.25, 0.3) is 0 Å². The van der Waals surface area contributed by atoms with Gasteiger partial charge in [-0.15, -0.1) is 12.4 Å². The van der Waals surface area contributed by atoms with Crippen molar-refractivity contribution in [2.45, 2.75) is 50.7 Å². The fourth-order valence-electron chi connectivity index (χ4n) is 3.66. The molecule has 5 nitrogen and oxygen atoms in total. The summed E-state index contributed by atoms with van der Waals surface area (Å²) in [6.07, 6.45) is 3.70. The summed E-state index contributed by atoms with van der Waals surface area (Å²) in [4.78, 5) is 15.1. The van der Waals surface area contributed by atoms with Crippen molar-refractivity contribution in [3.8, 4) is 0 Å². The molecule has 0 aromatic heterocycles. The number of carbonyl (C=O) groups excluding carboxylic acids is 1. The Kier molecular flexibility index (Phi) is 7.62. The second-order valence-electron chi connectivity index (χ2n) is 6.69. The van der Waals surface area contributed by atoms with Crippen molar-refractivity contribution in [1.82, 2.24) is 21.1 Å². The molecule has 1 aromatic rings. The van der Waals surface area contributed by atoms with Crippen molar-refractivity contribution in [2.24, 2.45) is 0 Å². The topological polar surface area (TPSA) is 56.4 Å². The average Bonchev–Trinajstić information content (AvgIpc) is 3.10. The third-order valence-electron chi connectivity index (χ3n) is 4.97. The van der Waals surface area contributed by atoms with E-state index in [9.17, 15) is 9.18 Å². The lowest BCUT2D eigenvalue weighted by molar-refractivity contribution is -0.136. The van der Waals surface area contributed by atoms with E-state index in [0.29, 0.717) is 12.5 Å². The van der Waals surface area contributed by atoms with Gasteiger partial charge in [-0.25, -0.2) is 15.2 Å². The summed E-state index contributed by atoms with van der Waals surface area (Å²) in [5.41, 5.74) is 7.34. The number of nitrogens with one attached hydrogen (secondary N) is 3. The molecule has 7 heteroatoms. The summed E-state index contributed by atoms with van der Waals surface area (Å²) >= 11 is 0. The molecule has 2 saturated heterocycles. The third-order valence-corrected chi connectivity index (χ3v) is 4.97. The van der Waals surface area contributed by atoms with Gasteiger partial charge in [0.05, 0.1) is 0 Å². The van der Waals surface area contributed by atoms with Crippen LogP contribution in [0.4, 0.5) is 4.39 Å². The predicted molar refractivity (Wildman–Crippen MR) is 99.0 cm³/mol. The first kappa shape index (κ1) is 20.1. The number of piperidine rings is 1. The largest absolute Gasteiger partial charge is 0.338 e. The van der Waals surface area contributed by atoms with Crippen LogP contribution in [0, 0.1) is 5.82 Å². The van der Waals surface area contributed by atoms with Crippen LogP contribution in [0.1, 0.15) is 44.2 Å². The molecule has 1 amide bonds. The number of carbonyl (C=O) groups is 1. The van der Waals surface area contributed by atoms with Crippen LogP contribution < -0.4 is 16.2 Å². The van der Waals surface area contributed by atoms with Gasteiger partial charge in [-0.05, 0) is 56.5 Å². The molecule has 2 heterocycles. The molecule has 0 radical (unpaired) electrons. The molecule has 2 atom stereocenters. The summed E-state index contributed by atoms with van der Waals surface area (Å²) in [5, 5.41) is 3.36. The zero-order valence-electron chi connectivity index (χ0n) is 14.6. The molecule has 2 fully saturated rings. The zero-order valence-corrected chi connectivity index (χ0v) is 15.4. The summed E-state index contributed by atoms with van der Waals surface area (Å²) in [7, 11) is 0. The number of rotatable bonds is 5. The summed E-state index contributed by atoms with van der Waals surface area (Å²) < 4.78 is 13.1. The Balaban J connectivity index is 0.00000225. The maximum absolute atomic E-state index is 13.1. The molecule has 2 unspecified atom stereocenters. The lowest BCUT2D eigenvalue weighted by Crippen LogP contribution is -2.52. The van der Waals surface area contributed by atoms with E-state index in [4.69, 9.17) is 0 Å². The molecular weight excluding hydrogens is 343 g/mol. The van der Waals surface area contributed by atoms with Crippen molar-refractivity contribution >= 4 is 18.3 Å². The van der Waals surface area contributed by atoms with Crippen molar-refractivity contribution in [3.05, 3.63) is 35.6 Å². The molecule has 3 rings (SSSR count). The van der Waals surface area contributed by atoms with Crippen molar-refractivity contribution < 1.29 is 9.18 Å². The molecule has 3 N–H and O–H groups in total. The Bertz CT molecular complexity index is 551. The van der Waals surface area contributed by atoms with E-state index < -0.39 is 0 Å². The summed E-state index contributed by atoms with van der Waals surface area (Å²) in [5.74, 6) is -0.0572. The number of benzene rings is 1. The first-order valence-electron chi connectivity index (χ1n) is 8.96. The Hall–Kier alpha value is -1.21. The molecule has 1 aromatic carbocycles. The minimum Gasteiger partial charge on any atom is -0.338 e. The molecule has 2 aliphatic heterocycles. The first-order chi connectivity index (χ1) is 11.7. The van der Waals surface area contributed by atoms with Crippen molar-refractivity contribution in [3.63, 3.8) is 0 Å². The van der Waals surface area contributed by atoms with E-state index in [0.717, 1.165) is 44.5 Å². The van der Waals surface area contributed by atoms with Crippen LogP contribution in [0.2, 0.25) is 0 Å². The van der Waals surface area contributed by atoms with Crippen LogP contribution >= 0.6 is 12.4 Å². The fraction of sp³-hybridized carbons (Fsp3) is 0.611. The van der Waals surface area contributed by atoms with Crippen molar-refractivity contribution in [2.75, 3.05) is 19.6 Å². The Morgan fingerprint density at radius 1 is 1.20 bits per heavy atom. The van der Waals surface area contributed by atoms with E-state index in [-0.39, 0.29) is 36.2 Å². The van der Waals surface area contributed by atoms with E-state index in [1.54, 1.807) is 12.1 Å². The molecular formula is C18H28ClFN4O. The SMILES string of the molecule is CCCN(C(=O)C1CC(c2ccc(F)cc2)NN1)C1CCNCC1.Cl. The highest BCUT2D eigenvalue weighted by Gasteiger charge is 2.35. The van der Waals surface area contributed by atoms with Gasteiger partial charge in [0, 0.05) is 18.6 Å². The number of hydrazine groups is 1. The van der Waals surface area contributed by atoms with Gasteiger partial charge in [-0.1, -0.05) is 19.1 Å². The number of nitrogens with zero attached hydrogens (tertiary/aromatic N) is 1. The van der Waals surface area contributed by atoms with E-state index >= 15 is 0 Å². The van der Waals surface area contributed by atoms with Crippen LogP contribution in [0.25, 0.3) is 0 Å². The Morgan fingerprint density at radius 2 is 1.88 bits per heavy atom. The smallest absolute Gasteiger partial charge is 0.241 e. The van der Waals surface area contributed by atoms with Gasteiger partial charge in [-0.2, -0.15) is 0 Å². The third kappa shape index (κ3) is 4.91. The van der Waals surface area contributed by atoms with Crippen LogP contribution in [0.15, 0.2) is 24.3 Å². The minimum atomic E-state index is -0.239. The molecule has 0 bridgehead atoms. The second kappa shape index (κ2) is 9.48. The Morgan fingerprint density at radius 3 is 2.52 bits per heavy atom. The quantitative estimate of drug-likeness (QED) is 0.743. The van der Waals surface area contributed by atoms with E-state index in [2.05, 4.69) is 28.0 Å². The predicted octanol–water partition coefficient (Wildman–Crippen LogP) is 2.15. The number of hydrogen-bond donors (Lipinski definition) is 3. The molecule has 25 heavy (non-hydrogen) atoms. The van der Waals surface area contributed by atoms with Gasteiger partial charge < -0.3 is 10.2 Å². The highest BCUT2D eigenvalue weighted by atomic mass is 35.5. The van der Waals surface area contributed by atoms with Gasteiger partial charge in [0.15, 0.2) is 0 Å². The normalized spacial score (nSPS) is 23.9. The standard InChI is InChI=1S/C18H27FN4O.ClH/c1-2-11-23(15-7-9-20-10-8-15)18(24)17-12-16(21-22-17)13-3-5-14(19)6-4-13;/h3-6,15-17,20-22H,2,7-12H2,1H3;1H. The van der Waals surface area contributed by atoms with E-state index in [1.165, 1.54) is 12.1 Å². The minimum absolute atomic E-state index is 0. The highest BCUT2D eigenvalue weighted by molar-refractivity contribution is 5.85. The summed E-state index contributed by atoms with van der Waals surface area (Å²) in [6.45, 7) is 4.88.